The van der Waals surface area contributed by atoms with Crippen molar-refractivity contribution < 1.29 is 18.7 Å². The van der Waals surface area contributed by atoms with E-state index >= 15 is 0 Å². The maximum atomic E-state index is 13.0. The molecule has 4 aromatic rings. The fourth-order valence-electron chi connectivity index (χ4n) is 4.19. The lowest BCUT2D eigenvalue weighted by Crippen LogP contribution is -2.18. The summed E-state index contributed by atoms with van der Waals surface area (Å²) in [5, 5.41) is 1.16. The first-order valence-corrected chi connectivity index (χ1v) is 9.87. The van der Waals surface area contributed by atoms with Gasteiger partial charge in [-0.2, -0.15) is 0 Å². The van der Waals surface area contributed by atoms with Gasteiger partial charge in [-0.25, -0.2) is 9.78 Å². The van der Waals surface area contributed by atoms with Crippen molar-refractivity contribution in [1.82, 2.24) is 9.55 Å². The molecule has 0 N–H and O–H groups in total. The highest BCUT2D eigenvalue weighted by atomic mass is 16.5. The molecule has 0 radical (unpaired) electrons. The van der Waals surface area contributed by atoms with E-state index in [-0.39, 0.29) is 18.9 Å². The Morgan fingerprint density at radius 3 is 2.90 bits per heavy atom. The lowest BCUT2D eigenvalue weighted by Gasteiger charge is -2.15. The summed E-state index contributed by atoms with van der Waals surface area (Å²) in [5.74, 6) is -0.515. The first kappa shape index (κ1) is 17.7. The SMILES string of the molecule is O=C(OCCC(=O)n1c2c(c3ccccc31)CCCC2)c1ccc2ncoc2c1. The van der Waals surface area contributed by atoms with E-state index in [2.05, 4.69) is 11.1 Å². The minimum Gasteiger partial charge on any atom is -0.462 e. The molecule has 0 spiro atoms. The number of oxazole rings is 1. The smallest absolute Gasteiger partial charge is 0.338 e. The number of benzene rings is 2. The lowest BCUT2D eigenvalue weighted by atomic mass is 9.95. The highest BCUT2D eigenvalue weighted by Crippen LogP contribution is 2.32. The van der Waals surface area contributed by atoms with Crippen molar-refractivity contribution in [3.05, 3.63) is 65.7 Å². The normalized spacial score (nSPS) is 13.5. The fourth-order valence-corrected chi connectivity index (χ4v) is 4.19. The van der Waals surface area contributed by atoms with Crippen LogP contribution in [0.4, 0.5) is 0 Å². The molecule has 29 heavy (non-hydrogen) atoms. The molecule has 2 heterocycles. The van der Waals surface area contributed by atoms with E-state index in [1.54, 1.807) is 18.2 Å². The Labute approximate surface area is 167 Å². The fraction of sp³-hybridized carbons (Fsp3) is 0.261. The van der Waals surface area contributed by atoms with Crippen LogP contribution in [-0.2, 0) is 17.6 Å². The summed E-state index contributed by atoms with van der Waals surface area (Å²) in [6.07, 6.45) is 5.64. The summed E-state index contributed by atoms with van der Waals surface area (Å²) in [5.41, 5.74) is 4.95. The molecule has 0 saturated heterocycles. The van der Waals surface area contributed by atoms with E-state index in [0.29, 0.717) is 16.7 Å². The lowest BCUT2D eigenvalue weighted by molar-refractivity contribution is 0.0489. The summed E-state index contributed by atoms with van der Waals surface area (Å²) >= 11 is 0. The molecular weight excluding hydrogens is 368 g/mol. The molecule has 6 nitrogen and oxygen atoms in total. The minimum absolute atomic E-state index is 0.0351. The third-order valence-electron chi connectivity index (χ3n) is 5.54. The number of aromatic nitrogens is 2. The third kappa shape index (κ3) is 3.10. The number of hydrogen-bond acceptors (Lipinski definition) is 5. The van der Waals surface area contributed by atoms with E-state index in [1.807, 2.05) is 22.8 Å². The van der Waals surface area contributed by atoms with Crippen LogP contribution in [0.15, 0.2) is 53.3 Å². The predicted molar refractivity (Wildman–Crippen MR) is 108 cm³/mol. The molecular formula is C23H20N2O4. The van der Waals surface area contributed by atoms with Gasteiger partial charge in [0.2, 0.25) is 5.91 Å². The van der Waals surface area contributed by atoms with E-state index in [0.717, 1.165) is 42.3 Å². The van der Waals surface area contributed by atoms with Crippen molar-refractivity contribution in [3.63, 3.8) is 0 Å². The number of ether oxygens (including phenoxy) is 1. The van der Waals surface area contributed by atoms with Gasteiger partial charge in [0.25, 0.3) is 0 Å². The molecule has 0 unspecified atom stereocenters. The molecule has 0 aliphatic heterocycles. The number of rotatable bonds is 4. The van der Waals surface area contributed by atoms with Gasteiger partial charge in [0.05, 0.1) is 17.5 Å². The largest absolute Gasteiger partial charge is 0.462 e. The first-order valence-electron chi connectivity index (χ1n) is 9.87. The van der Waals surface area contributed by atoms with Crippen molar-refractivity contribution >= 4 is 33.9 Å². The van der Waals surface area contributed by atoms with Gasteiger partial charge in [0.1, 0.15) is 12.1 Å². The van der Waals surface area contributed by atoms with Crippen molar-refractivity contribution in [3.8, 4) is 0 Å². The zero-order valence-electron chi connectivity index (χ0n) is 15.9. The van der Waals surface area contributed by atoms with Crippen molar-refractivity contribution in [2.75, 3.05) is 6.61 Å². The van der Waals surface area contributed by atoms with Gasteiger partial charge in [-0.05, 0) is 55.5 Å². The van der Waals surface area contributed by atoms with Crippen LogP contribution in [0.3, 0.4) is 0 Å². The quantitative estimate of drug-likeness (QED) is 0.480. The number of fused-ring (bicyclic) bond motifs is 4. The van der Waals surface area contributed by atoms with Gasteiger partial charge >= 0.3 is 5.97 Å². The van der Waals surface area contributed by atoms with Crippen LogP contribution in [0.25, 0.3) is 22.0 Å². The number of esters is 1. The molecule has 0 bridgehead atoms. The van der Waals surface area contributed by atoms with Gasteiger partial charge in [-0.1, -0.05) is 18.2 Å². The minimum atomic E-state index is -0.476. The number of carbonyl (C=O) groups excluding carboxylic acids is 2. The van der Waals surface area contributed by atoms with Crippen LogP contribution in [0.5, 0.6) is 0 Å². The number of carbonyl (C=O) groups is 2. The maximum absolute atomic E-state index is 13.0. The summed E-state index contributed by atoms with van der Waals surface area (Å²) < 4.78 is 12.4. The second kappa shape index (κ2) is 7.20. The van der Waals surface area contributed by atoms with E-state index in [1.165, 1.54) is 12.0 Å². The van der Waals surface area contributed by atoms with Gasteiger partial charge in [0, 0.05) is 11.1 Å². The van der Waals surface area contributed by atoms with Crippen molar-refractivity contribution in [2.45, 2.75) is 32.1 Å². The van der Waals surface area contributed by atoms with E-state index < -0.39 is 5.97 Å². The van der Waals surface area contributed by atoms with Crippen LogP contribution < -0.4 is 0 Å². The van der Waals surface area contributed by atoms with E-state index in [9.17, 15) is 9.59 Å². The Balaban J connectivity index is 1.31. The number of para-hydroxylation sites is 1. The molecule has 0 amide bonds. The summed E-state index contributed by atoms with van der Waals surface area (Å²) in [6, 6.07) is 13.0. The topological polar surface area (TPSA) is 74.3 Å². The highest BCUT2D eigenvalue weighted by molar-refractivity contribution is 5.97. The standard InChI is InChI=1S/C23H20N2O4/c26-22(11-12-28-23(27)15-9-10-18-21(13-15)29-14-24-18)25-19-7-3-1-5-16(19)17-6-2-4-8-20(17)25/h1,3,5,7,9-10,13-14H,2,4,6,8,11-12H2. The van der Waals surface area contributed by atoms with Crippen LogP contribution in [0, 0.1) is 0 Å². The Morgan fingerprint density at radius 1 is 1.10 bits per heavy atom. The zero-order chi connectivity index (χ0) is 19.8. The average Bonchev–Trinajstić information content (AvgIpc) is 3.35. The van der Waals surface area contributed by atoms with Crippen molar-refractivity contribution in [1.29, 1.82) is 0 Å². The molecule has 0 saturated carbocycles. The number of hydrogen-bond donors (Lipinski definition) is 0. The van der Waals surface area contributed by atoms with Gasteiger partial charge in [-0.15, -0.1) is 0 Å². The third-order valence-corrected chi connectivity index (χ3v) is 5.54. The molecule has 0 atom stereocenters. The number of nitrogens with zero attached hydrogens (tertiary/aromatic N) is 2. The average molecular weight is 388 g/mol. The Hall–Kier alpha value is -3.41. The zero-order valence-corrected chi connectivity index (χ0v) is 15.9. The van der Waals surface area contributed by atoms with Crippen LogP contribution in [0.2, 0.25) is 0 Å². The first-order chi connectivity index (χ1) is 14.2. The van der Waals surface area contributed by atoms with Gasteiger partial charge in [0.15, 0.2) is 12.0 Å². The van der Waals surface area contributed by atoms with Crippen molar-refractivity contribution in [2.24, 2.45) is 0 Å². The summed E-state index contributed by atoms with van der Waals surface area (Å²) in [7, 11) is 0. The molecule has 0 fully saturated rings. The molecule has 2 aromatic heterocycles. The Morgan fingerprint density at radius 2 is 1.97 bits per heavy atom. The second-order valence-electron chi connectivity index (χ2n) is 7.30. The number of aryl methyl sites for hydroxylation is 1. The molecule has 146 valence electrons. The molecule has 5 rings (SSSR count). The predicted octanol–water partition coefficient (Wildman–Crippen LogP) is 4.55. The van der Waals surface area contributed by atoms with Crippen LogP contribution in [-0.4, -0.2) is 28.0 Å². The molecule has 1 aliphatic rings. The maximum Gasteiger partial charge on any atom is 0.338 e. The van der Waals surface area contributed by atoms with E-state index in [4.69, 9.17) is 9.15 Å². The Kier molecular flexibility index (Phi) is 4.39. The monoisotopic (exact) mass is 388 g/mol. The molecule has 6 heteroatoms. The molecule has 2 aromatic carbocycles. The molecule has 1 aliphatic carbocycles. The van der Waals surface area contributed by atoms with Crippen LogP contribution >= 0.6 is 0 Å². The highest BCUT2D eigenvalue weighted by Gasteiger charge is 2.23. The summed E-state index contributed by atoms with van der Waals surface area (Å²) in [6.45, 7) is 0.0351. The van der Waals surface area contributed by atoms with Gasteiger partial charge in [-0.3, -0.25) is 9.36 Å². The van der Waals surface area contributed by atoms with Gasteiger partial charge < -0.3 is 9.15 Å². The second-order valence-corrected chi connectivity index (χ2v) is 7.30. The Bertz CT molecular complexity index is 1230. The summed E-state index contributed by atoms with van der Waals surface area (Å²) in [4.78, 5) is 29.3. The van der Waals surface area contributed by atoms with Crippen LogP contribution in [0.1, 0.15) is 45.7 Å².